The smallest absolute Gasteiger partial charge is 0.224 e. The van der Waals surface area contributed by atoms with Crippen molar-refractivity contribution in [1.82, 2.24) is 4.90 Å². The fraction of sp³-hybridized carbons (Fsp3) is 0.556. The van der Waals surface area contributed by atoms with Gasteiger partial charge >= 0.3 is 0 Å². The van der Waals surface area contributed by atoms with E-state index in [0.717, 1.165) is 43.6 Å². The molecule has 1 heterocycles. The fourth-order valence-corrected chi connectivity index (χ4v) is 2.71. The van der Waals surface area contributed by atoms with Crippen LogP contribution in [0.4, 0.5) is 5.69 Å². The van der Waals surface area contributed by atoms with E-state index in [1.807, 2.05) is 36.1 Å². The molecule has 0 saturated carbocycles. The Morgan fingerprint density at radius 1 is 1.17 bits per heavy atom. The van der Waals surface area contributed by atoms with E-state index in [0.29, 0.717) is 19.3 Å². The number of benzene rings is 1. The molecule has 1 aromatic rings. The number of carbonyl (C=O) groups is 2. The maximum Gasteiger partial charge on any atom is 0.224 e. The molecule has 134 valence electrons. The molecule has 1 unspecified atom stereocenters. The first-order valence-electron chi connectivity index (χ1n) is 8.47. The van der Waals surface area contributed by atoms with Crippen LogP contribution in [0.1, 0.15) is 44.6 Å². The van der Waals surface area contributed by atoms with Gasteiger partial charge < -0.3 is 16.0 Å². The van der Waals surface area contributed by atoms with Crippen molar-refractivity contribution in [3.05, 3.63) is 29.8 Å². The van der Waals surface area contributed by atoms with Gasteiger partial charge in [-0.1, -0.05) is 12.1 Å². The van der Waals surface area contributed by atoms with E-state index < -0.39 is 0 Å². The number of nitrogens with two attached hydrogens (primary N) is 1. The number of halogens is 1. The van der Waals surface area contributed by atoms with Crippen molar-refractivity contribution < 1.29 is 9.59 Å². The van der Waals surface area contributed by atoms with Gasteiger partial charge in [-0.3, -0.25) is 9.59 Å². The van der Waals surface area contributed by atoms with Gasteiger partial charge in [0.25, 0.3) is 0 Å². The average Bonchev–Trinajstić information content (AvgIpc) is 3.06. The summed E-state index contributed by atoms with van der Waals surface area (Å²) in [6.07, 6.45) is 4.67. The van der Waals surface area contributed by atoms with Crippen LogP contribution in [0, 0.1) is 0 Å². The van der Waals surface area contributed by atoms with E-state index in [1.165, 1.54) is 0 Å². The van der Waals surface area contributed by atoms with E-state index in [1.54, 1.807) is 0 Å². The molecule has 24 heavy (non-hydrogen) atoms. The van der Waals surface area contributed by atoms with E-state index in [4.69, 9.17) is 5.73 Å². The second-order valence-electron chi connectivity index (χ2n) is 6.35. The molecule has 1 saturated heterocycles. The number of aryl methyl sites for hydroxylation is 1. The van der Waals surface area contributed by atoms with Crippen LogP contribution in [0.2, 0.25) is 0 Å². The number of hydrogen-bond acceptors (Lipinski definition) is 3. The van der Waals surface area contributed by atoms with Crippen molar-refractivity contribution in [2.75, 3.05) is 18.4 Å². The molecule has 0 aromatic heterocycles. The molecule has 3 N–H and O–H groups in total. The first-order valence-corrected chi connectivity index (χ1v) is 8.47. The van der Waals surface area contributed by atoms with Crippen LogP contribution in [0.25, 0.3) is 0 Å². The Morgan fingerprint density at radius 2 is 1.79 bits per heavy atom. The maximum absolute atomic E-state index is 12.0. The Labute approximate surface area is 150 Å². The van der Waals surface area contributed by atoms with Gasteiger partial charge in [0.2, 0.25) is 11.8 Å². The van der Waals surface area contributed by atoms with Gasteiger partial charge in [0, 0.05) is 37.7 Å². The van der Waals surface area contributed by atoms with Crippen molar-refractivity contribution in [3.63, 3.8) is 0 Å². The topological polar surface area (TPSA) is 75.4 Å². The Balaban J connectivity index is 0.00000288. The third kappa shape index (κ3) is 6.89. The number of anilines is 1. The molecule has 1 aliphatic rings. The largest absolute Gasteiger partial charge is 0.343 e. The summed E-state index contributed by atoms with van der Waals surface area (Å²) in [5.74, 6) is 0.232. The Morgan fingerprint density at radius 3 is 2.38 bits per heavy atom. The molecule has 0 spiro atoms. The highest BCUT2D eigenvalue weighted by molar-refractivity contribution is 5.90. The zero-order chi connectivity index (χ0) is 16.7. The predicted molar refractivity (Wildman–Crippen MR) is 99.3 cm³/mol. The fourth-order valence-electron chi connectivity index (χ4n) is 2.71. The molecular formula is C18H28ClN3O2. The summed E-state index contributed by atoms with van der Waals surface area (Å²) in [4.78, 5) is 25.7. The minimum atomic E-state index is -0.0146. The first-order chi connectivity index (χ1) is 11.0. The van der Waals surface area contributed by atoms with Gasteiger partial charge in [-0.05, 0) is 50.3 Å². The quantitative estimate of drug-likeness (QED) is 0.791. The predicted octanol–water partition coefficient (Wildman–Crippen LogP) is 2.73. The van der Waals surface area contributed by atoms with Gasteiger partial charge in [-0.25, -0.2) is 0 Å². The molecule has 6 heteroatoms. The first kappa shape index (κ1) is 20.5. The second kappa shape index (κ2) is 10.3. The third-order valence-corrected chi connectivity index (χ3v) is 4.15. The summed E-state index contributed by atoms with van der Waals surface area (Å²) < 4.78 is 0. The molecule has 1 aromatic carbocycles. The Hall–Kier alpha value is -1.59. The number of nitrogens with zero attached hydrogens (tertiary/aromatic N) is 1. The number of carbonyl (C=O) groups excluding carboxylic acids is 2. The van der Waals surface area contributed by atoms with Crippen molar-refractivity contribution in [2.45, 2.75) is 51.5 Å². The molecule has 0 aliphatic carbocycles. The molecule has 1 aliphatic heterocycles. The van der Waals surface area contributed by atoms with Gasteiger partial charge in [0.1, 0.15) is 0 Å². The average molecular weight is 354 g/mol. The van der Waals surface area contributed by atoms with Crippen LogP contribution in [-0.4, -0.2) is 35.8 Å². The highest BCUT2D eigenvalue weighted by Gasteiger charge is 2.17. The lowest BCUT2D eigenvalue weighted by Crippen LogP contribution is -2.27. The van der Waals surface area contributed by atoms with Crippen molar-refractivity contribution in [3.8, 4) is 0 Å². The molecule has 0 bridgehead atoms. The van der Waals surface area contributed by atoms with Gasteiger partial charge in [-0.2, -0.15) is 0 Å². The zero-order valence-electron chi connectivity index (χ0n) is 14.3. The minimum absolute atomic E-state index is 0. The third-order valence-electron chi connectivity index (χ3n) is 4.15. The van der Waals surface area contributed by atoms with Crippen molar-refractivity contribution >= 4 is 29.9 Å². The van der Waals surface area contributed by atoms with Gasteiger partial charge in [0.15, 0.2) is 0 Å². The van der Waals surface area contributed by atoms with Crippen LogP contribution in [0.3, 0.4) is 0 Å². The lowest BCUT2D eigenvalue weighted by atomic mass is 10.1. The molecular weight excluding hydrogens is 326 g/mol. The second-order valence-corrected chi connectivity index (χ2v) is 6.35. The highest BCUT2D eigenvalue weighted by Crippen LogP contribution is 2.14. The summed E-state index contributed by atoms with van der Waals surface area (Å²) in [6, 6.07) is 7.76. The van der Waals surface area contributed by atoms with Gasteiger partial charge in [-0.15, -0.1) is 12.4 Å². The number of hydrogen-bond donors (Lipinski definition) is 2. The van der Waals surface area contributed by atoms with Crippen LogP contribution in [0.5, 0.6) is 0 Å². The Kier molecular flexibility index (Phi) is 8.79. The normalized spacial score (nSPS) is 14.8. The van der Waals surface area contributed by atoms with E-state index >= 15 is 0 Å². The number of rotatable bonds is 7. The molecule has 2 amide bonds. The van der Waals surface area contributed by atoms with E-state index in [-0.39, 0.29) is 30.3 Å². The van der Waals surface area contributed by atoms with Crippen LogP contribution in [-0.2, 0) is 16.0 Å². The van der Waals surface area contributed by atoms with Crippen LogP contribution < -0.4 is 11.1 Å². The maximum atomic E-state index is 12.0. The highest BCUT2D eigenvalue weighted by atomic mass is 35.5. The molecule has 1 atom stereocenters. The lowest BCUT2D eigenvalue weighted by molar-refractivity contribution is -0.130. The van der Waals surface area contributed by atoms with Crippen molar-refractivity contribution in [2.24, 2.45) is 5.73 Å². The monoisotopic (exact) mass is 353 g/mol. The number of likely N-dealkylation sites (tertiary alicyclic amines) is 1. The Bertz CT molecular complexity index is 526. The summed E-state index contributed by atoms with van der Waals surface area (Å²) in [7, 11) is 0. The zero-order valence-corrected chi connectivity index (χ0v) is 15.1. The number of amides is 2. The minimum Gasteiger partial charge on any atom is -0.343 e. The van der Waals surface area contributed by atoms with Crippen LogP contribution in [0.15, 0.2) is 24.3 Å². The van der Waals surface area contributed by atoms with Gasteiger partial charge in [0.05, 0.1) is 0 Å². The summed E-state index contributed by atoms with van der Waals surface area (Å²) in [5.41, 5.74) is 7.55. The molecule has 1 fully saturated rings. The lowest BCUT2D eigenvalue weighted by Gasteiger charge is -2.15. The van der Waals surface area contributed by atoms with E-state index in [9.17, 15) is 9.59 Å². The van der Waals surface area contributed by atoms with Crippen molar-refractivity contribution in [1.29, 1.82) is 0 Å². The SMILES string of the molecule is CC(N)CCC(=O)Nc1ccc(CCC(=O)N2CCCC2)cc1.Cl. The molecule has 5 nitrogen and oxygen atoms in total. The molecule has 0 radical (unpaired) electrons. The summed E-state index contributed by atoms with van der Waals surface area (Å²) in [6.45, 7) is 3.71. The summed E-state index contributed by atoms with van der Waals surface area (Å²) in [5, 5.41) is 2.86. The standard InChI is InChI=1S/C18H27N3O2.ClH/c1-14(19)4-10-17(22)20-16-8-5-15(6-9-16)7-11-18(23)21-12-2-3-13-21;/h5-6,8-9,14H,2-4,7,10-13,19H2,1H3,(H,20,22);1H. The molecule has 2 rings (SSSR count). The summed E-state index contributed by atoms with van der Waals surface area (Å²) >= 11 is 0. The van der Waals surface area contributed by atoms with Crippen LogP contribution >= 0.6 is 12.4 Å². The number of nitrogens with one attached hydrogen (secondary N) is 1. The van der Waals surface area contributed by atoms with E-state index in [2.05, 4.69) is 5.32 Å².